The minimum atomic E-state index is -0.562. The van der Waals surface area contributed by atoms with Crippen LogP contribution in [0.5, 0.6) is 0 Å². The first-order valence-corrected chi connectivity index (χ1v) is 7.04. The van der Waals surface area contributed by atoms with Crippen LogP contribution in [0.25, 0.3) is 0 Å². The van der Waals surface area contributed by atoms with Crippen LogP contribution in [0, 0.1) is 18.6 Å². The molecule has 1 atom stereocenters. The Morgan fingerprint density at radius 3 is 2.62 bits per heavy atom. The number of halogens is 2. The smallest absolute Gasteiger partial charge is 0.129 e. The van der Waals surface area contributed by atoms with Crippen LogP contribution in [0.15, 0.2) is 42.5 Å². The second-order valence-corrected chi connectivity index (χ2v) is 5.33. The fourth-order valence-electron chi connectivity index (χ4n) is 2.41. The lowest BCUT2D eigenvalue weighted by Crippen LogP contribution is -2.37. The number of aryl methyl sites for hydroxylation is 2. The molecule has 0 heterocycles. The topological polar surface area (TPSA) is 38.0 Å². The number of nitrogens with one attached hydrogen (secondary N) is 1. The molecule has 0 aliphatic heterocycles. The second kappa shape index (κ2) is 7.29. The van der Waals surface area contributed by atoms with Crippen LogP contribution in [0.4, 0.5) is 8.78 Å². The average molecular weight is 290 g/mol. The van der Waals surface area contributed by atoms with Gasteiger partial charge in [0.25, 0.3) is 0 Å². The Morgan fingerprint density at radius 2 is 1.95 bits per heavy atom. The van der Waals surface area contributed by atoms with E-state index in [0.29, 0.717) is 12.0 Å². The van der Waals surface area contributed by atoms with Gasteiger partial charge in [0.15, 0.2) is 0 Å². The van der Waals surface area contributed by atoms with E-state index >= 15 is 0 Å². The standard InChI is InChI=1S/C17H20F2N2/c1-12-3-2-4-13(9-12)5-8-16(21-20)10-14-6-7-15(18)11-17(14)19/h2-4,6-7,9,11,16,21H,5,8,10,20H2,1H3. The van der Waals surface area contributed by atoms with Crippen molar-refractivity contribution in [2.45, 2.75) is 32.2 Å². The highest BCUT2D eigenvalue weighted by molar-refractivity contribution is 5.23. The fraction of sp³-hybridized carbons (Fsp3) is 0.294. The normalized spacial score (nSPS) is 12.4. The van der Waals surface area contributed by atoms with E-state index in [1.165, 1.54) is 23.3 Å². The van der Waals surface area contributed by atoms with Crippen LogP contribution < -0.4 is 11.3 Å². The van der Waals surface area contributed by atoms with Gasteiger partial charge in [0.1, 0.15) is 11.6 Å². The zero-order valence-electron chi connectivity index (χ0n) is 12.1. The van der Waals surface area contributed by atoms with E-state index in [-0.39, 0.29) is 6.04 Å². The zero-order valence-corrected chi connectivity index (χ0v) is 12.1. The predicted molar refractivity (Wildman–Crippen MR) is 80.7 cm³/mol. The third-order valence-electron chi connectivity index (χ3n) is 3.58. The minimum absolute atomic E-state index is 0.0505. The second-order valence-electron chi connectivity index (χ2n) is 5.33. The van der Waals surface area contributed by atoms with Gasteiger partial charge in [0.05, 0.1) is 0 Å². The quantitative estimate of drug-likeness (QED) is 0.633. The maximum absolute atomic E-state index is 13.7. The Hall–Kier alpha value is -1.78. The van der Waals surface area contributed by atoms with Gasteiger partial charge >= 0.3 is 0 Å². The van der Waals surface area contributed by atoms with E-state index in [0.717, 1.165) is 18.9 Å². The Bertz CT molecular complexity index is 599. The Balaban J connectivity index is 1.97. The van der Waals surface area contributed by atoms with Crippen molar-refractivity contribution in [1.82, 2.24) is 5.43 Å². The number of benzene rings is 2. The molecule has 0 aliphatic carbocycles. The number of nitrogens with two attached hydrogens (primary N) is 1. The van der Waals surface area contributed by atoms with Gasteiger partial charge in [0.2, 0.25) is 0 Å². The first-order chi connectivity index (χ1) is 10.1. The van der Waals surface area contributed by atoms with Crippen LogP contribution in [-0.4, -0.2) is 6.04 Å². The van der Waals surface area contributed by atoms with Gasteiger partial charge in [-0.1, -0.05) is 35.9 Å². The van der Waals surface area contributed by atoms with Crippen LogP contribution >= 0.6 is 0 Å². The minimum Gasteiger partial charge on any atom is -0.271 e. The van der Waals surface area contributed by atoms with Crippen molar-refractivity contribution in [3.63, 3.8) is 0 Å². The van der Waals surface area contributed by atoms with Gasteiger partial charge in [-0.3, -0.25) is 11.3 Å². The molecule has 2 nitrogen and oxygen atoms in total. The summed E-state index contributed by atoms with van der Waals surface area (Å²) in [5, 5.41) is 0. The van der Waals surface area contributed by atoms with Gasteiger partial charge in [-0.05, 0) is 43.4 Å². The third-order valence-corrected chi connectivity index (χ3v) is 3.58. The highest BCUT2D eigenvalue weighted by Gasteiger charge is 2.12. The van der Waals surface area contributed by atoms with Crippen molar-refractivity contribution in [2.24, 2.45) is 5.84 Å². The van der Waals surface area contributed by atoms with Crippen molar-refractivity contribution < 1.29 is 8.78 Å². The summed E-state index contributed by atoms with van der Waals surface area (Å²) in [5.41, 5.74) is 5.64. The predicted octanol–water partition coefficient (Wildman–Crippen LogP) is 3.28. The molecule has 0 aliphatic rings. The number of hydrogen-bond donors (Lipinski definition) is 2. The lowest BCUT2D eigenvalue weighted by Gasteiger charge is -2.16. The number of hydrazine groups is 1. The van der Waals surface area contributed by atoms with Gasteiger partial charge in [-0.25, -0.2) is 8.78 Å². The molecule has 0 spiro atoms. The molecular formula is C17H20F2N2. The Morgan fingerprint density at radius 1 is 1.14 bits per heavy atom. The van der Waals surface area contributed by atoms with Crippen LogP contribution in [0.1, 0.15) is 23.1 Å². The molecule has 0 amide bonds. The van der Waals surface area contributed by atoms with Gasteiger partial charge in [-0.15, -0.1) is 0 Å². The first-order valence-electron chi connectivity index (χ1n) is 7.04. The monoisotopic (exact) mass is 290 g/mol. The summed E-state index contributed by atoms with van der Waals surface area (Å²) >= 11 is 0. The molecule has 0 saturated carbocycles. The van der Waals surface area contributed by atoms with Crippen molar-refractivity contribution in [1.29, 1.82) is 0 Å². The maximum Gasteiger partial charge on any atom is 0.129 e. The fourth-order valence-corrected chi connectivity index (χ4v) is 2.41. The number of hydrogen-bond acceptors (Lipinski definition) is 2. The molecule has 0 saturated heterocycles. The largest absolute Gasteiger partial charge is 0.271 e. The van der Waals surface area contributed by atoms with E-state index in [2.05, 4.69) is 30.5 Å². The first kappa shape index (κ1) is 15.6. The number of rotatable bonds is 6. The molecule has 0 aromatic heterocycles. The van der Waals surface area contributed by atoms with Crippen molar-refractivity contribution in [2.75, 3.05) is 0 Å². The van der Waals surface area contributed by atoms with E-state index < -0.39 is 11.6 Å². The molecule has 2 aromatic rings. The van der Waals surface area contributed by atoms with Crippen molar-refractivity contribution >= 4 is 0 Å². The van der Waals surface area contributed by atoms with E-state index in [1.807, 2.05) is 6.07 Å². The average Bonchev–Trinajstić information content (AvgIpc) is 2.45. The SMILES string of the molecule is Cc1cccc(CCC(Cc2ccc(F)cc2F)NN)c1. The summed E-state index contributed by atoms with van der Waals surface area (Å²) < 4.78 is 26.5. The van der Waals surface area contributed by atoms with Crippen molar-refractivity contribution in [3.8, 4) is 0 Å². The maximum atomic E-state index is 13.7. The summed E-state index contributed by atoms with van der Waals surface area (Å²) in [4.78, 5) is 0. The van der Waals surface area contributed by atoms with Gasteiger partial charge in [0, 0.05) is 12.1 Å². The summed E-state index contributed by atoms with van der Waals surface area (Å²) in [6.45, 7) is 2.05. The van der Waals surface area contributed by atoms with E-state index in [9.17, 15) is 8.78 Å². The molecule has 21 heavy (non-hydrogen) atoms. The van der Waals surface area contributed by atoms with E-state index in [1.54, 1.807) is 0 Å². The molecule has 3 N–H and O–H groups in total. The highest BCUT2D eigenvalue weighted by atomic mass is 19.1. The van der Waals surface area contributed by atoms with Crippen LogP contribution in [0.3, 0.4) is 0 Å². The lowest BCUT2D eigenvalue weighted by molar-refractivity contribution is 0.477. The lowest BCUT2D eigenvalue weighted by atomic mass is 9.98. The summed E-state index contributed by atoms with van der Waals surface area (Å²) in [6.07, 6.45) is 2.09. The third kappa shape index (κ3) is 4.62. The van der Waals surface area contributed by atoms with Gasteiger partial charge < -0.3 is 0 Å². The summed E-state index contributed by atoms with van der Waals surface area (Å²) in [5.74, 6) is 4.46. The summed E-state index contributed by atoms with van der Waals surface area (Å²) in [6, 6.07) is 11.9. The molecule has 2 rings (SSSR count). The van der Waals surface area contributed by atoms with Crippen LogP contribution in [-0.2, 0) is 12.8 Å². The molecule has 0 fully saturated rings. The molecule has 0 bridgehead atoms. The molecule has 0 radical (unpaired) electrons. The molecule has 1 unspecified atom stereocenters. The molecule has 2 aromatic carbocycles. The summed E-state index contributed by atoms with van der Waals surface area (Å²) in [7, 11) is 0. The molecular weight excluding hydrogens is 270 g/mol. The van der Waals surface area contributed by atoms with Crippen LogP contribution in [0.2, 0.25) is 0 Å². The van der Waals surface area contributed by atoms with E-state index in [4.69, 9.17) is 5.84 Å². The molecule has 112 valence electrons. The highest BCUT2D eigenvalue weighted by Crippen LogP contribution is 2.14. The Kier molecular flexibility index (Phi) is 5.42. The van der Waals surface area contributed by atoms with Gasteiger partial charge in [-0.2, -0.15) is 0 Å². The Labute approximate surface area is 124 Å². The van der Waals surface area contributed by atoms with Crippen molar-refractivity contribution in [3.05, 3.63) is 70.8 Å². The molecule has 4 heteroatoms. The zero-order chi connectivity index (χ0) is 15.2.